The smallest absolute Gasteiger partial charge is 0.165 e. The fraction of sp³-hybridized carbons (Fsp3) is 0.118. The monoisotopic (exact) mass is 264 g/mol. The van der Waals surface area contributed by atoms with E-state index in [-0.39, 0.29) is 0 Å². The zero-order valence-electron chi connectivity index (χ0n) is 11.4. The number of aromatic nitrogens is 2. The molecule has 0 aliphatic carbocycles. The van der Waals surface area contributed by atoms with Crippen LogP contribution in [0.2, 0.25) is 0 Å². The van der Waals surface area contributed by atoms with E-state index >= 15 is 0 Å². The van der Waals surface area contributed by atoms with Crippen molar-refractivity contribution in [1.29, 1.82) is 0 Å². The number of para-hydroxylation sites is 1. The first-order valence-electron chi connectivity index (χ1n) is 6.61. The summed E-state index contributed by atoms with van der Waals surface area (Å²) >= 11 is 0. The van der Waals surface area contributed by atoms with E-state index in [0.29, 0.717) is 0 Å². The average Bonchev–Trinajstić information content (AvgIpc) is 2.90. The van der Waals surface area contributed by atoms with Gasteiger partial charge in [-0.2, -0.15) is 5.10 Å². The summed E-state index contributed by atoms with van der Waals surface area (Å²) in [6, 6.07) is 18.2. The molecule has 0 spiro atoms. The Balaban J connectivity index is 1.73. The standard InChI is InChI=1S/C17H16N2O/c1-14-7-5-6-10-17(14)20-16-11-18-19(13-16)12-15-8-3-2-4-9-15/h2-11,13H,12H2,1H3. The molecule has 3 nitrogen and oxygen atoms in total. The molecule has 0 atom stereocenters. The predicted octanol–water partition coefficient (Wildman–Crippen LogP) is 4.03. The summed E-state index contributed by atoms with van der Waals surface area (Å²) in [5, 5.41) is 4.33. The van der Waals surface area contributed by atoms with Gasteiger partial charge in [-0.3, -0.25) is 4.68 Å². The molecule has 20 heavy (non-hydrogen) atoms. The van der Waals surface area contributed by atoms with Crippen molar-refractivity contribution in [3.63, 3.8) is 0 Å². The summed E-state index contributed by atoms with van der Waals surface area (Å²) in [5.74, 6) is 1.63. The van der Waals surface area contributed by atoms with Crippen LogP contribution in [0.25, 0.3) is 0 Å². The molecule has 0 radical (unpaired) electrons. The van der Waals surface area contributed by atoms with Gasteiger partial charge in [0.25, 0.3) is 0 Å². The van der Waals surface area contributed by atoms with Gasteiger partial charge in [0.05, 0.1) is 18.9 Å². The molecule has 0 fully saturated rings. The molecule has 0 saturated heterocycles. The lowest BCUT2D eigenvalue weighted by Crippen LogP contribution is -1.99. The van der Waals surface area contributed by atoms with Crippen molar-refractivity contribution in [1.82, 2.24) is 9.78 Å². The molecule has 0 aliphatic heterocycles. The second-order valence-corrected chi connectivity index (χ2v) is 4.73. The highest BCUT2D eigenvalue weighted by Gasteiger charge is 2.03. The molecule has 1 aromatic heterocycles. The fourth-order valence-corrected chi connectivity index (χ4v) is 2.05. The average molecular weight is 264 g/mol. The van der Waals surface area contributed by atoms with Crippen LogP contribution in [0.5, 0.6) is 11.5 Å². The lowest BCUT2D eigenvalue weighted by atomic mass is 10.2. The number of hydrogen-bond acceptors (Lipinski definition) is 2. The van der Waals surface area contributed by atoms with Crippen molar-refractivity contribution < 1.29 is 4.74 Å². The molecule has 0 unspecified atom stereocenters. The maximum Gasteiger partial charge on any atom is 0.165 e. The zero-order chi connectivity index (χ0) is 13.8. The minimum absolute atomic E-state index is 0.748. The van der Waals surface area contributed by atoms with Crippen LogP contribution in [0.4, 0.5) is 0 Å². The van der Waals surface area contributed by atoms with Crippen molar-refractivity contribution in [2.75, 3.05) is 0 Å². The quantitative estimate of drug-likeness (QED) is 0.711. The van der Waals surface area contributed by atoms with Crippen molar-refractivity contribution >= 4 is 0 Å². The summed E-state index contributed by atoms with van der Waals surface area (Å²) in [6.07, 6.45) is 3.66. The van der Waals surface area contributed by atoms with Gasteiger partial charge in [0.2, 0.25) is 0 Å². The molecule has 100 valence electrons. The van der Waals surface area contributed by atoms with E-state index < -0.39 is 0 Å². The van der Waals surface area contributed by atoms with Crippen LogP contribution in [-0.4, -0.2) is 9.78 Å². The van der Waals surface area contributed by atoms with Crippen LogP contribution in [0.1, 0.15) is 11.1 Å². The molecule has 0 saturated carbocycles. The van der Waals surface area contributed by atoms with Crippen molar-refractivity contribution in [2.24, 2.45) is 0 Å². The lowest BCUT2D eigenvalue weighted by Gasteiger charge is -2.05. The number of nitrogens with zero attached hydrogens (tertiary/aromatic N) is 2. The molecule has 3 heteroatoms. The number of rotatable bonds is 4. The number of benzene rings is 2. The topological polar surface area (TPSA) is 27.1 Å². The Morgan fingerprint density at radius 1 is 1.00 bits per heavy atom. The Bertz CT molecular complexity index is 689. The molecule has 0 N–H and O–H groups in total. The molecule has 0 amide bonds. The zero-order valence-corrected chi connectivity index (χ0v) is 11.4. The van der Waals surface area contributed by atoms with E-state index in [4.69, 9.17) is 4.74 Å². The van der Waals surface area contributed by atoms with Gasteiger partial charge in [-0.05, 0) is 24.1 Å². The summed E-state index contributed by atoms with van der Waals surface area (Å²) < 4.78 is 7.72. The number of ether oxygens (including phenoxy) is 1. The highest BCUT2D eigenvalue weighted by atomic mass is 16.5. The lowest BCUT2D eigenvalue weighted by molar-refractivity contribution is 0.478. The Hall–Kier alpha value is -2.55. The Kier molecular flexibility index (Phi) is 3.50. The molecule has 0 bridgehead atoms. The third-order valence-electron chi connectivity index (χ3n) is 3.12. The fourth-order valence-electron chi connectivity index (χ4n) is 2.05. The van der Waals surface area contributed by atoms with E-state index in [1.165, 1.54) is 5.56 Å². The molecular formula is C17H16N2O. The highest BCUT2D eigenvalue weighted by Crippen LogP contribution is 2.24. The van der Waals surface area contributed by atoms with Gasteiger partial charge in [-0.15, -0.1) is 0 Å². The van der Waals surface area contributed by atoms with E-state index in [2.05, 4.69) is 17.2 Å². The van der Waals surface area contributed by atoms with Gasteiger partial charge in [0.15, 0.2) is 5.75 Å². The summed E-state index contributed by atoms with van der Waals surface area (Å²) in [6.45, 7) is 2.78. The number of hydrogen-bond donors (Lipinski definition) is 0. The van der Waals surface area contributed by atoms with Gasteiger partial charge >= 0.3 is 0 Å². The maximum absolute atomic E-state index is 5.84. The Morgan fingerprint density at radius 2 is 1.75 bits per heavy atom. The van der Waals surface area contributed by atoms with Crippen molar-refractivity contribution in [2.45, 2.75) is 13.5 Å². The largest absolute Gasteiger partial charge is 0.454 e. The number of aryl methyl sites for hydroxylation is 1. The second kappa shape index (κ2) is 5.61. The van der Waals surface area contributed by atoms with Gasteiger partial charge in [-0.25, -0.2) is 0 Å². The first-order chi connectivity index (χ1) is 9.81. The van der Waals surface area contributed by atoms with E-state index in [1.54, 1.807) is 6.20 Å². The van der Waals surface area contributed by atoms with Crippen LogP contribution in [0, 0.1) is 6.92 Å². The minimum Gasteiger partial charge on any atom is -0.454 e. The summed E-state index contributed by atoms with van der Waals surface area (Å²) in [4.78, 5) is 0. The summed E-state index contributed by atoms with van der Waals surface area (Å²) in [7, 11) is 0. The molecule has 0 aliphatic rings. The van der Waals surface area contributed by atoms with Gasteiger partial charge < -0.3 is 4.74 Å². The third kappa shape index (κ3) is 2.88. The second-order valence-electron chi connectivity index (χ2n) is 4.73. The Labute approximate surface area is 118 Å². The third-order valence-corrected chi connectivity index (χ3v) is 3.12. The van der Waals surface area contributed by atoms with E-state index in [0.717, 1.165) is 23.6 Å². The maximum atomic E-state index is 5.84. The molecule has 3 rings (SSSR count). The molecule has 1 heterocycles. The highest BCUT2D eigenvalue weighted by molar-refractivity contribution is 5.35. The van der Waals surface area contributed by atoms with Gasteiger partial charge in [0.1, 0.15) is 5.75 Å². The van der Waals surface area contributed by atoms with Crippen LogP contribution in [-0.2, 0) is 6.54 Å². The van der Waals surface area contributed by atoms with Gasteiger partial charge in [-0.1, -0.05) is 48.5 Å². The summed E-state index contributed by atoms with van der Waals surface area (Å²) in [5.41, 5.74) is 2.33. The van der Waals surface area contributed by atoms with Crippen LogP contribution < -0.4 is 4.74 Å². The SMILES string of the molecule is Cc1ccccc1Oc1cnn(Cc2ccccc2)c1. The van der Waals surface area contributed by atoms with Crippen LogP contribution >= 0.6 is 0 Å². The molecular weight excluding hydrogens is 248 g/mol. The van der Waals surface area contributed by atoms with Crippen molar-refractivity contribution in [3.8, 4) is 11.5 Å². The molecule has 3 aromatic rings. The van der Waals surface area contributed by atoms with E-state index in [1.807, 2.05) is 60.3 Å². The predicted molar refractivity (Wildman–Crippen MR) is 79.0 cm³/mol. The normalized spacial score (nSPS) is 10.4. The van der Waals surface area contributed by atoms with Gasteiger partial charge in [0, 0.05) is 0 Å². The van der Waals surface area contributed by atoms with E-state index in [9.17, 15) is 0 Å². The minimum atomic E-state index is 0.748. The Morgan fingerprint density at radius 3 is 2.55 bits per heavy atom. The first kappa shape index (κ1) is 12.5. The molecule has 2 aromatic carbocycles. The first-order valence-corrected chi connectivity index (χ1v) is 6.61. The van der Waals surface area contributed by atoms with Crippen LogP contribution in [0.15, 0.2) is 67.0 Å². The van der Waals surface area contributed by atoms with Crippen molar-refractivity contribution in [3.05, 3.63) is 78.1 Å². The van der Waals surface area contributed by atoms with Crippen LogP contribution in [0.3, 0.4) is 0 Å².